The van der Waals surface area contributed by atoms with E-state index < -0.39 is 0 Å². The lowest BCUT2D eigenvalue weighted by molar-refractivity contribution is -0.123. The predicted molar refractivity (Wildman–Crippen MR) is 78.3 cm³/mol. The van der Waals surface area contributed by atoms with Gasteiger partial charge < -0.3 is 5.73 Å². The van der Waals surface area contributed by atoms with E-state index in [-0.39, 0.29) is 11.8 Å². The summed E-state index contributed by atoms with van der Waals surface area (Å²) in [5, 5.41) is 3.12. The Labute approximate surface area is 122 Å². The molecule has 2 heterocycles. The molecule has 6 heteroatoms. The molecule has 1 aliphatic heterocycles. The van der Waals surface area contributed by atoms with Gasteiger partial charge in [0.15, 0.2) is 0 Å². The zero-order valence-electron chi connectivity index (χ0n) is 11.1. The van der Waals surface area contributed by atoms with Crippen LogP contribution in [0.15, 0.2) is 5.38 Å². The monoisotopic (exact) mass is 301 g/mol. The molecule has 0 aromatic carbocycles. The van der Waals surface area contributed by atoms with Crippen molar-refractivity contribution < 1.29 is 4.79 Å². The van der Waals surface area contributed by atoms with Crippen molar-refractivity contribution in [3.8, 4) is 0 Å². The molecule has 1 aromatic rings. The average molecular weight is 302 g/mol. The number of hydrogen-bond donors (Lipinski definition) is 1. The van der Waals surface area contributed by atoms with Gasteiger partial charge in [0.05, 0.1) is 22.5 Å². The minimum Gasteiger partial charge on any atom is -0.369 e. The number of thiazole rings is 1. The summed E-state index contributed by atoms with van der Waals surface area (Å²) in [6.07, 6.45) is 2.87. The average Bonchev–Trinajstić information content (AvgIpc) is 2.85. The maximum atomic E-state index is 11.3. The highest BCUT2D eigenvalue weighted by Gasteiger charge is 2.28. The van der Waals surface area contributed by atoms with Crippen molar-refractivity contribution in [3.05, 3.63) is 16.1 Å². The van der Waals surface area contributed by atoms with Crippen LogP contribution in [0, 0.1) is 5.92 Å². The standard InChI is InChI=1S/C13H20ClN3OS/c1-9-2-3-10(13(15)18)7-17(9)5-4-12-16-11(6-14)8-19-12/h8-10H,2-7H2,1H3,(H2,15,18). The molecule has 2 atom stereocenters. The number of carbonyl (C=O) groups excluding carboxylic acids is 1. The second-order valence-electron chi connectivity index (χ2n) is 5.14. The number of halogens is 1. The molecular weight excluding hydrogens is 282 g/mol. The first-order valence-corrected chi connectivity index (χ1v) is 8.04. The summed E-state index contributed by atoms with van der Waals surface area (Å²) in [7, 11) is 0. The number of hydrogen-bond acceptors (Lipinski definition) is 4. The fourth-order valence-corrected chi connectivity index (χ4v) is 3.50. The fraction of sp³-hybridized carbons (Fsp3) is 0.692. The van der Waals surface area contributed by atoms with E-state index in [0.29, 0.717) is 11.9 Å². The highest BCUT2D eigenvalue weighted by atomic mass is 35.5. The van der Waals surface area contributed by atoms with E-state index in [4.69, 9.17) is 17.3 Å². The van der Waals surface area contributed by atoms with Gasteiger partial charge in [-0.3, -0.25) is 9.69 Å². The number of piperidine rings is 1. The Balaban J connectivity index is 1.88. The second-order valence-corrected chi connectivity index (χ2v) is 6.35. The Hall–Kier alpha value is -0.650. The number of likely N-dealkylation sites (tertiary alicyclic amines) is 1. The third-order valence-electron chi connectivity index (χ3n) is 3.76. The van der Waals surface area contributed by atoms with Crippen molar-refractivity contribution in [2.75, 3.05) is 13.1 Å². The molecule has 1 saturated heterocycles. The van der Waals surface area contributed by atoms with Gasteiger partial charge in [-0.05, 0) is 19.8 Å². The molecule has 4 nitrogen and oxygen atoms in total. The van der Waals surface area contributed by atoms with E-state index in [1.807, 2.05) is 5.38 Å². The number of amides is 1. The molecule has 0 aliphatic carbocycles. The summed E-state index contributed by atoms with van der Waals surface area (Å²) in [4.78, 5) is 18.1. The van der Waals surface area contributed by atoms with Crippen molar-refractivity contribution in [3.63, 3.8) is 0 Å². The molecule has 0 radical (unpaired) electrons. The molecule has 2 N–H and O–H groups in total. The Kier molecular flexibility index (Phi) is 5.19. The van der Waals surface area contributed by atoms with Gasteiger partial charge >= 0.3 is 0 Å². The zero-order valence-corrected chi connectivity index (χ0v) is 12.7. The maximum absolute atomic E-state index is 11.3. The molecule has 106 valence electrons. The lowest BCUT2D eigenvalue weighted by Gasteiger charge is -2.36. The minimum atomic E-state index is -0.171. The van der Waals surface area contributed by atoms with Crippen molar-refractivity contribution >= 4 is 28.8 Å². The van der Waals surface area contributed by atoms with E-state index in [9.17, 15) is 4.79 Å². The predicted octanol–water partition coefficient (Wildman–Crippen LogP) is 2.01. The number of alkyl halides is 1. The molecule has 1 aromatic heterocycles. The van der Waals surface area contributed by atoms with Crippen LogP contribution in [0.1, 0.15) is 30.5 Å². The van der Waals surface area contributed by atoms with Crippen LogP contribution in [0.5, 0.6) is 0 Å². The molecule has 0 bridgehead atoms. The van der Waals surface area contributed by atoms with Crippen molar-refractivity contribution in [1.82, 2.24) is 9.88 Å². The summed E-state index contributed by atoms with van der Waals surface area (Å²) >= 11 is 7.41. The number of aromatic nitrogens is 1. The number of primary amides is 1. The van der Waals surface area contributed by atoms with Crippen LogP contribution in [0.25, 0.3) is 0 Å². The van der Waals surface area contributed by atoms with Gasteiger partial charge in [-0.2, -0.15) is 0 Å². The number of rotatable bonds is 5. The van der Waals surface area contributed by atoms with Crippen molar-refractivity contribution in [2.24, 2.45) is 11.7 Å². The highest BCUT2D eigenvalue weighted by molar-refractivity contribution is 7.09. The molecular formula is C13H20ClN3OS. The molecule has 0 spiro atoms. The Morgan fingerprint density at radius 1 is 1.63 bits per heavy atom. The second kappa shape index (κ2) is 6.68. The van der Waals surface area contributed by atoms with E-state index >= 15 is 0 Å². The normalized spacial score (nSPS) is 24.5. The largest absolute Gasteiger partial charge is 0.369 e. The first-order chi connectivity index (χ1) is 9.10. The summed E-state index contributed by atoms with van der Waals surface area (Å²) < 4.78 is 0. The lowest BCUT2D eigenvalue weighted by Crippen LogP contribution is -2.46. The van der Waals surface area contributed by atoms with Crippen molar-refractivity contribution in [2.45, 2.75) is 38.1 Å². The van der Waals surface area contributed by atoms with Gasteiger partial charge in [0.1, 0.15) is 0 Å². The van der Waals surface area contributed by atoms with E-state index in [2.05, 4.69) is 16.8 Å². The number of nitrogens with zero attached hydrogens (tertiary/aromatic N) is 2. The van der Waals surface area contributed by atoms with Crippen LogP contribution in [0.3, 0.4) is 0 Å². The fourth-order valence-electron chi connectivity index (χ4n) is 2.49. The van der Waals surface area contributed by atoms with Crippen molar-refractivity contribution in [1.29, 1.82) is 0 Å². The van der Waals surface area contributed by atoms with Crippen LogP contribution < -0.4 is 5.73 Å². The first-order valence-electron chi connectivity index (χ1n) is 6.62. The van der Waals surface area contributed by atoms with Gasteiger partial charge in [-0.1, -0.05) is 0 Å². The summed E-state index contributed by atoms with van der Waals surface area (Å²) in [6, 6.07) is 0.517. The van der Waals surface area contributed by atoms with Gasteiger partial charge in [0.25, 0.3) is 0 Å². The van der Waals surface area contributed by atoms with Crippen LogP contribution in [-0.4, -0.2) is 34.9 Å². The summed E-state index contributed by atoms with van der Waals surface area (Å²) in [5.41, 5.74) is 6.36. The van der Waals surface area contributed by atoms with Gasteiger partial charge in [0.2, 0.25) is 5.91 Å². The molecule has 2 rings (SSSR count). The molecule has 2 unspecified atom stereocenters. The summed E-state index contributed by atoms with van der Waals surface area (Å²) in [5.74, 6) is 0.307. The number of nitrogens with two attached hydrogens (primary N) is 1. The molecule has 1 amide bonds. The first kappa shape index (κ1) is 14.8. The lowest BCUT2D eigenvalue weighted by atomic mass is 9.93. The third kappa shape index (κ3) is 3.91. The van der Waals surface area contributed by atoms with Crippen LogP contribution in [-0.2, 0) is 17.1 Å². The molecule has 1 aliphatic rings. The quantitative estimate of drug-likeness (QED) is 0.846. The minimum absolute atomic E-state index is 0.00546. The Morgan fingerprint density at radius 3 is 3.05 bits per heavy atom. The molecule has 0 saturated carbocycles. The van der Waals surface area contributed by atoms with Gasteiger partial charge in [-0.15, -0.1) is 22.9 Å². The third-order valence-corrected chi connectivity index (χ3v) is 4.99. The van der Waals surface area contributed by atoms with E-state index in [1.54, 1.807) is 11.3 Å². The van der Waals surface area contributed by atoms with Gasteiger partial charge in [-0.25, -0.2) is 4.98 Å². The summed E-state index contributed by atoms with van der Waals surface area (Å²) in [6.45, 7) is 3.92. The van der Waals surface area contributed by atoms with Crippen LogP contribution >= 0.6 is 22.9 Å². The molecule has 1 fully saturated rings. The highest BCUT2D eigenvalue weighted by Crippen LogP contribution is 2.22. The smallest absolute Gasteiger partial charge is 0.221 e. The Morgan fingerprint density at radius 2 is 2.42 bits per heavy atom. The van der Waals surface area contributed by atoms with Crippen LogP contribution in [0.2, 0.25) is 0 Å². The maximum Gasteiger partial charge on any atom is 0.221 e. The van der Waals surface area contributed by atoms with E-state index in [0.717, 1.165) is 43.1 Å². The Bertz CT molecular complexity index is 437. The zero-order chi connectivity index (χ0) is 13.8. The number of carbonyl (C=O) groups is 1. The van der Waals surface area contributed by atoms with E-state index in [1.165, 1.54) is 0 Å². The molecule has 19 heavy (non-hydrogen) atoms. The topological polar surface area (TPSA) is 59.2 Å². The van der Waals surface area contributed by atoms with Gasteiger partial charge in [0, 0.05) is 30.9 Å². The van der Waals surface area contributed by atoms with Crippen LogP contribution in [0.4, 0.5) is 0 Å². The SMILES string of the molecule is CC1CCC(C(N)=O)CN1CCc1nc(CCl)cs1.